The third-order valence-corrected chi connectivity index (χ3v) is 7.63. The van der Waals surface area contributed by atoms with Crippen molar-refractivity contribution in [2.45, 2.75) is 104 Å². The van der Waals surface area contributed by atoms with Crippen LogP contribution in [0.3, 0.4) is 0 Å². The van der Waals surface area contributed by atoms with Crippen molar-refractivity contribution in [1.29, 1.82) is 0 Å². The van der Waals surface area contributed by atoms with E-state index in [1.807, 2.05) is 6.92 Å². The summed E-state index contributed by atoms with van der Waals surface area (Å²) < 4.78 is 0. The van der Waals surface area contributed by atoms with Gasteiger partial charge in [0.05, 0.1) is 5.60 Å². The molecule has 0 aromatic rings. The van der Waals surface area contributed by atoms with Crippen LogP contribution in [0.15, 0.2) is 0 Å². The van der Waals surface area contributed by atoms with Crippen LogP contribution in [-0.2, 0) is 4.79 Å². The van der Waals surface area contributed by atoms with E-state index in [-0.39, 0.29) is 10.8 Å². The molecule has 4 atom stereocenters. The van der Waals surface area contributed by atoms with E-state index < -0.39 is 5.60 Å². The maximum atomic E-state index is 12.7. The minimum Gasteiger partial charge on any atom is -0.390 e. The topological polar surface area (TPSA) is 52.6 Å². The molecule has 1 saturated heterocycles. The molecular weight excluding hydrogens is 324 g/mol. The van der Waals surface area contributed by atoms with Gasteiger partial charge in [-0.2, -0.15) is 0 Å². The molecule has 0 radical (unpaired) electrons. The van der Waals surface area contributed by atoms with Crippen LogP contribution in [0.4, 0.5) is 0 Å². The molecule has 2 aliphatic carbocycles. The molecule has 1 amide bonds. The lowest BCUT2D eigenvalue weighted by Gasteiger charge is -2.51. The quantitative estimate of drug-likeness (QED) is 0.782. The van der Waals surface area contributed by atoms with Crippen molar-refractivity contribution in [3.63, 3.8) is 0 Å². The lowest BCUT2D eigenvalue weighted by Crippen LogP contribution is -2.52. The third-order valence-electron chi connectivity index (χ3n) is 7.63. The Morgan fingerprint density at radius 2 is 1.81 bits per heavy atom. The Labute approximate surface area is 160 Å². The first kappa shape index (κ1) is 20.1. The standard InChI is InChI=1S/C22H40N2O2/c1-16(2)23-18-15-20(3,4)17-14-21(5,26)10-11-22(17,18)9-8-19(25)24-12-6-7-13-24/h16-18,23,26H,6-15H2,1-5H3/t17-,18-,21-,22-/m0/s1. The number of carbonyl (C=O) groups excluding carboxylic acids is 1. The number of amides is 1. The van der Waals surface area contributed by atoms with Gasteiger partial charge in [-0.15, -0.1) is 0 Å². The zero-order valence-electron chi connectivity index (χ0n) is 17.6. The van der Waals surface area contributed by atoms with Gasteiger partial charge < -0.3 is 15.3 Å². The number of hydrogen-bond donors (Lipinski definition) is 2. The zero-order valence-corrected chi connectivity index (χ0v) is 17.6. The highest BCUT2D eigenvalue weighted by Gasteiger charge is 2.61. The number of rotatable bonds is 5. The molecule has 0 unspecified atom stereocenters. The fourth-order valence-electron chi connectivity index (χ4n) is 6.33. The Morgan fingerprint density at radius 3 is 2.42 bits per heavy atom. The van der Waals surface area contributed by atoms with Crippen LogP contribution >= 0.6 is 0 Å². The van der Waals surface area contributed by atoms with E-state index in [0.29, 0.717) is 30.3 Å². The number of nitrogens with one attached hydrogen (secondary N) is 1. The summed E-state index contributed by atoms with van der Waals surface area (Å²) in [4.78, 5) is 14.8. The zero-order chi connectivity index (χ0) is 19.2. The van der Waals surface area contributed by atoms with Gasteiger partial charge in [-0.3, -0.25) is 4.79 Å². The van der Waals surface area contributed by atoms with E-state index in [1.165, 1.54) is 0 Å². The largest absolute Gasteiger partial charge is 0.390 e. The van der Waals surface area contributed by atoms with Gasteiger partial charge in [0.15, 0.2) is 0 Å². The number of carbonyl (C=O) groups is 1. The van der Waals surface area contributed by atoms with E-state index in [4.69, 9.17) is 0 Å². The number of fused-ring (bicyclic) bond motifs is 1. The summed E-state index contributed by atoms with van der Waals surface area (Å²) >= 11 is 0. The fraction of sp³-hybridized carbons (Fsp3) is 0.955. The molecule has 0 spiro atoms. The van der Waals surface area contributed by atoms with Gasteiger partial charge in [0.1, 0.15) is 0 Å². The van der Waals surface area contributed by atoms with Crippen molar-refractivity contribution in [1.82, 2.24) is 10.2 Å². The van der Waals surface area contributed by atoms with Crippen molar-refractivity contribution >= 4 is 5.91 Å². The van der Waals surface area contributed by atoms with Gasteiger partial charge in [-0.1, -0.05) is 27.7 Å². The molecule has 1 aliphatic heterocycles. The summed E-state index contributed by atoms with van der Waals surface area (Å²) in [5.41, 5.74) is -0.212. The summed E-state index contributed by atoms with van der Waals surface area (Å²) in [6.45, 7) is 13.1. The normalized spacial score (nSPS) is 39.4. The van der Waals surface area contributed by atoms with Crippen molar-refractivity contribution < 1.29 is 9.90 Å². The molecule has 3 fully saturated rings. The molecule has 1 heterocycles. The Balaban J connectivity index is 1.82. The molecule has 2 N–H and O–H groups in total. The second kappa shape index (κ2) is 7.09. The Kier molecular flexibility index (Phi) is 5.49. The van der Waals surface area contributed by atoms with Crippen LogP contribution in [-0.4, -0.2) is 46.7 Å². The van der Waals surface area contributed by atoms with E-state index in [0.717, 1.165) is 58.0 Å². The predicted octanol–water partition coefficient (Wildman–Crippen LogP) is 3.72. The molecule has 3 aliphatic rings. The highest BCUT2D eigenvalue weighted by molar-refractivity contribution is 5.76. The van der Waals surface area contributed by atoms with Gasteiger partial charge in [-0.05, 0) is 68.6 Å². The lowest BCUT2D eigenvalue weighted by molar-refractivity contribution is -0.132. The highest BCUT2D eigenvalue weighted by atomic mass is 16.3. The first-order chi connectivity index (χ1) is 12.1. The summed E-state index contributed by atoms with van der Waals surface area (Å²) in [6.07, 6.45) is 7.86. The van der Waals surface area contributed by atoms with Gasteiger partial charge in [0.2, 0.25) is 5.91 Å². The molecular formula is C22H40N2O2. The SMILES string of the molecule is CC(C)N[C@H]1CC(C)(C)[C@@H]2C[C@@](C)(O)CC[C@]12CCC(=O)N1CCCC1. The average Bonchev–Trinajstić information content (AvgIpc) is 3.12. The molecule has 0 bridgehead atoms. The van der Waals surface area contributed by atoms with E-state index in [9.17, 15) is 9.90 Å². The van der Waals surface area contributed by atoms with Crippen LogP contribution in [0.1, 0.15) is 86.0 Å². The first-order valence-electron chi connectivity index (χ1n) is 10.8. The summed E-state index contributed by atoms with van der Waals surface area (Å²) in [7, 11) is 0. The minimum atomic E-state index is -0.558. The number of nitrogens with zero attached hydrogens (tertiary/aromatic N) is 1. The maximum Gasteiger partial charge on any atom is 0.222 e. The average molecular weight is 365 g/mol. The third kappa shape index (κ3) is 3.82. The highest BCUT2D eigenvalue weighted by Crippen LogP contribution is 2.63. The molecule has 4 nitrogen and oxygen atoms in total. The monoisotopic (exact) mass is 364 g/mol. The minimum absolute atomic E-state index is 0.144. The number of aliphatic hydroxyl groups is 1. The molecule has 26 heavy (non-hydrogen) atoms. The molecule has 0 aromatic carbocycles. The van der Waals surface area contributed by atoms with Crippen LogP contribution in [0, 0.1) is 16.7 Å². The summed E-state index contributed by atoms with van der Waals surface area (Å²) in [5, 5.41) is 14.6. The fourth-order valence-corrected chi connectivity index (χ4v) is 6.33. The number of hydrogen-bond acceptors (Lipinski definition) is 3. The van der Waals surface area contributed by atoms with E-state index >= 15 is 0 Å². The second-order valence-corrected chi connectivity index (χ2v) is 10.6. The molecule has 2 saturated carbocycles. The molecule has 0 aromatic heterocycles. The smallest absolute Gasteiger partial charge is 0.222 e. The van der Waals surface area contributed by atoms with Crippen LogP contribution in [0.5, 0.6) is 0 Å². The van der Waals surface area contributed by atoms with E-state index in [2.05, 4.69) is 37.9 Å². The van der Waals surface area contributed by atoms with Crippen molar-refractivity contribution in [3.05, 3.63) is 0 Å². The lowest BCUT2D eigenvalue weighted by atomic mass is 9.57. The van der Waals surface area contributed by atoms with Gasteiger partial charge in [-0.25, -0.2) is 0 Å². The molecule has 150 valence electrons. The van der Waals surface area contributed by atoms with Crippen molar-refractivity contribution in [2.75, 3.05) is 13.1 Å². The van der Waals surface area contributed by atoms with Crippen LogP contribution < -0.4 is 5.32 Å². The predicted molar refractivity (Wildman–Crippen MR) is 106 cm³/mol. The van der Waals surface area contributed by atoms with Gasteiger partial charge in [0.25, 0.3) is 0 Å². The number of likely N-dealkylation sites (tertiary alicyclic amines) is 1. The maximum absolute atomic E-state index is 12.7. The van der Waals surface area contributed by atoms with Gasteiger partial charge in [0, 0.05) is 31.6 Å². The first-order valence-corrected chi connectivity index (χ1v) is 10.8. The molecule has 4 heteroatoms. The van der Waals surface area contributed by atoms with Crippen LogP contribution in [0.25, 0.3) is 0 Å². The summed E-state index contributed by atoms with van der Waals surface area (Å²) in [6, 6.07) is 0.896. The van der Waals surface area contributed by atoms with E-state index in [1.54, 1.807) is 0 Å². The summed E-state index contributed by atoms with van der Waals surface area (Å²) in [5.74, 6) is 0.822. The Morgan fingerprint density at radius 1 is 1.15 bits per heavy atom. The second-order valence-electron chi connectivity index (χ2n) is 10.6. The Bertz CT molecular complexity index is 522. The Hall–Kier alpha value is -0.610. The molecule has 3 rings (SSSR count). The van der Waals surface area contributed by atoms with Crippen molar-refractivity contribution in [2.24, 2.45) is 16.7 Å². The van der Waals surface area contributed by atoms with Crippen LogP contribution in [0.2, 0.25) is 0 Å². The van der Waals surface area contributed by atoms with Crippen molar-refractivity contribution in [3.8, 4) is 0 Å². The van der Waals surface area contributed by atoms with Gasteiger partial charge >= 0.3 is 0 Å².